The molecule has 0 amide bonds. The van der Waals surface area contributed by atoms with Gasteiger partial charge >= 0.3 is 0 Å². The molecule has 0 bridgehead atoms. The highest BCUT2D eigenvalue weighted by molar-refractivity contribution is 9.10. The lowest BCUT2D eigenvalue weighted by molar-refractivity contribution is 0.528. The van der Waals surface area contributed by atoms with Crippen molar-refractivity contribution >= 4 is 38.2 Å². The Balaban J connectivity index is 2.06. The third-order valence-corrected chi connectivity index (χ3v) is 4.10. The smallest absolute Gasteiger partial charge is 0.134 e. The average Bonchev–Trinajstić information content (AvgIpc) is 2.96. The summed E-state index contributed by atoms with van der Waals surface area (Å²) in [6.45, 7) is 0. The second-order valence-corrected chi connectivity index (χ2v) is 5.72. The van der Waals surface area contributed by atoms with Crippen LogP contribution in [0.2, 0.25) is 0 Å². The number of halogens is 1. The number of hydrogen-bond acceptors (Lipinski definition) is 3. The number of furan rings is 1. The van der Waals surface area contributed by atoms with Gasteiger partial charge in [-0.05, 0) is 35.7 Å². The van der Waals surface area contributed by atoms with Crippen LogP contribution in [0.25, 0.3) is 11.0 Å². The molecule has 0 fully saturated rings. The molecule has 3 aromatic rings. The van der Waals surface area contributed by atoms with E-state index in [2.05, 4.69) is 15.9 Å². The zero-order valence-corrected chi connectivity index (χ0v) is 11.3. The molecule has 1 aromatic carbocycles. The van der Waals surface area contributed by atoms with E-state index in [-0.39, 0.29) is 6.04 Å². The van der Waals surface area contributed by atoms with Crippen LogP contribution in [0.4, 0.5) is 0 Å². The van der Waals surface area contributed by atoms with E-state index in [0.29, 0.717) is 0 Å². The van der Waals surface area contributed by atoms with Crippen LogP contribution in [0.1, 0.15) is 16.7 Å². The lowest BCUT2D eigenvalue weighted by Gasteiger charge is -2.04. The molecular formula is C13H10BrNOS. The van der Waals surface area contributed by atoms with Crippen molar-refractivity contribution in [3.63, 3.8) is 0 Å². The zero-order valence-electron chi connectivity index (χ0n) is 8.89. The van der Waals surface area contributed by atoms with Gasteiger partial charge in [0.2, 0.25) is 0 Å². The highest BCUT2D eigenvalue weighted by Gasteiger charge is 2.14. The van der Waals surface area contributed by atoms with Crippen molar-refractivity contribution < 1.29 is 4.42 Å². The van der Waals surface area contributed by atoms with Crippen molar-refractivity contribution in [1.29, 1.82) is 0 Å². The van der Waals surface area contributed by atoms with Gasteiger partial charge in [-0.3, -0.25) is 0 Å². The van der Waals surface area contributed by atoms with Crippen molar-refractivity contribution in [2.75, 3.05) is 0 Å². The van der Waals surface area contributed by atoms with Crippen molar-refractivity contribution in [3.8, 4) is 0 Å². The molecule has 0 saturated heterocycles. The fourth-order valence-corrected chi connectivity index (χ4v) is 2.91. The number of fused-ring (bicyclic) bond motifs is 1. The van der Waals surface area contributed by atoms with Gasteiger partial charge in [0.05, 0.1) is 6.04 Å². The minimum absolute atomic E-state index is 0.179. The lowest BCUT2D eigenvalue weighted by atomic mass is 10.2. The van der Waals surface area contributed by atoms with Gasteiger partial charge in [0.1, 0.15) is 11.3 Å². The molecule has 0 aliphatic heterocycles. The molecular weight excluding hydrogens is 298 g/mol. The van der Waals surface area contributed by atoms with Gasteiger partial charge in [0.15, 0.2) is 0 Å². The maximum Gasteiger partial charge on any atom is 0.134 e. The first-order chi connectivity index (χ1) is 8.24. The van der Waals surface area contributed by atoms with Gasteiger partial charge in [-0.15, -0.1) is 11.3 Å². The van der Waals surface area contributed by atoms with E-state index >= 15 is 0 Å². The summed E-state index contributed by atoms with van der Waals surface area (Å²) in [5.74, 6) is 0.806. The third-order valence-electron chi connectivity index (χ3n) is 2.65. The molecule has 17 heavy (non-hydrogen) atoms. The Morgan fingerprint density at radius 2 is 2.12 bits per heavy atom. The second-order valence-electron chi connectivity index (χ2n) is 3.82. The van der Waals surface area contributed by atoms with Gasteiger partial charge in [-0.1, -0.05) is 22.0 Å². The predicted octanol–water partition coefficient (Wildman–Crippen LogP) is 4.30. The quantitative estimate of drug-likeness (QED) is 0.766. The Morgan fingerprint density at radius 1 is 1.24 bits per heavy atom. The summed E-state index contributed by atoms with van der Waals surface area (Å²) < 4.78 is 6.81. The van der Waals surface area contributed by atoms with Gasteiger partial charge < -0.3 is 10.2 Å². The molecule has 0 spiro atoms. The molecule has 86 valence electrons. The molecule has 4 heteroatoms. The van der Waals surface area contributed by atoms with Gasteiger partial charge in [0, 0.05) is 14.7 Å². The van der Waals surface area contributed by atoms with Gasteiger partial charge in [0.25, 0.3) is 0 Å². The van der Waals surface area contributed by atoms with E-state index in [4.69, 9.17) is 10.2 Å². The van der Waals surface area contributed by atoms with Crippen LogP contribution in [-0.2, 0) is 0 Å². The van der Waals surface area contributed by atoms with Crippen LogP contribution in [0, 0.1) is 0 Å². The van der Waals surface area contributed by atoms with Crippen LogP contribution in [-0.4, -0.2) is 0 Å². The van der Waals surface area contributed by atoms with E-state index in [1.807, 2.05) is 41.8 Å². The summed E-state index contributed by atoms with van der Waals surface area (Å²) in [5.41, 5.74) is 7.04. The molecule has 2 nitrogen and oxygen atoms in total. The zero-order chi connectivity index (χ0) is 11.8. The van der Waals surface area contributed by atoms with E-state index in [1.54, 1.807) is 11.3 Å². The summed E-state index contributed by atoms with van der Waals surface area (Å²) in [5, 5.41) is 3.09. The topological polar surface area (TPSA) is 39.2 Å². The van der Waals surface area contributed by atoms with Crippen LogP contribution < -0.4 is 5.73 Å². The Hall–Kier alpha value is -1.10. The monoisotopic (exact) mass is 307 g/mol. The average molecular weight is 308 g/mol. The van der Waals surface area contributed by atoms with Crippen molar-refractivity contribution in [2.24, 2.45) is 5.73 Å². The van der Waals surface area contributed by atoms with E-state index in [1.165, 1.54) is 0 Å². The van der Waals surface area contributed by atoms with Gasteiger partial charge in [-0.2, -0.15) is 0 Å². The molecule has 2 heterocycles. The highest BCUT2D eigenvalue weighted by atomic mass is 79.9. The van der Waals surface area contributed by atoms with Crippen molar-refractivity contribution in [3.05, 3.63) is 56.9 Å². The number of thiophene rings is 1. The van der Waals surface area contributed by atoms with E-state index in [9.17, 15) is 0 Å². The van der Waals surface area contributed by atoms with E-state index in [0.717, 1.165) is 26.1 Å². The summed E-state index contributed by atoms with van der Waals surface area (Å²) in [6, 6.07) is 11.8. The minimum atomic E-state index is -0.179. The van der Waals surface area contributed by atoms with Crippen molar-refractivity contribution in [2.45, 2.75) is 6.04 Å². The Morgan fingerprint density at radius 3 is 2.88 bits per heavy atom. The Labute approximate surface area is 111 Å². The standard InChI is InChI=1S/C13H10BrNOS/c14-9-3-4-10-8(6-9)7-11(16-10)13(15)12-2-1-5-17-12/h1-7,13H,15H2. The number of rotatable bonds is 2. The molecule has 1 atom stereocenters. The summed E-state index contributed by atoms with van der Waals surface area (Å²) in [4.78, 5) is 1.11. The normalized spacial score (nSPS) is 13.1. The Kier molecular flexibility index (Phi) is 2.78. The summed E-state index contributed by atoms with van der Waals surface area (Å²) >= 11 is 5.09. The fraction of sp³-hybridized carbons (Fsp3) is 0.0769. The lowest BCUT2D eigenvalue weighted by Crippen LogP contribution is -2.08. The minimum Gasteiger partial charge on any atom is -0.459 e. The third kappa shape index (κ3) is 2.04. The van der Waals surface area contributed by atoms with E-state index < -0.39 is 0 Å². The first kappa shape index (κ1) is 11.0. The Bertz CT molecular complexity index is 645. The summed E-state index contributed by atoms with van der Waals surface area (Å²) in [7, 11) is 0. The maximum atomic E-state index is 6.17. The molecule has 0 radical (unpaired) electrons. The first-order valence-electron chi connectivity index (χ1n) is 5.22. The molecule has 2 aromatic heterocycles. The SMILES string of the molecule is NC(c1cc2cc(Br)ccc2o1)c1cccs1. The second kappa shape index (κ2) is 4.29. The number of benzene rings is 1. The van der Waals surface area contributed by atoms with Gasteiger partial charge in [-0.25, -0.2) is 0 Å². The predicted molar refractivity (Wildman–Crippen MR) is 74.3 cm³/mol. The molecule has 0 saturated carbocycles. The highest BCUT2D eigenvalue weighted by Crippen LogP contribution is 2.30. The molecule has 2 N–H and O–H groups in total. The first-order valence-corrected chi connectivity index (χ1v) is 6.89. The van der Waals surface area contributed by atoms with Crippen LogP contribution in [0.15, 0.2) is 50.7 Å². The molecule has 3 rings (SSSR count). The molecule has 0 aliphatic carbocycles. The molecule has 1 unspecified atom stereocenters. The van der Waals surface area contributed by atoms with Crippen molar-refractivity contribution in [1.82, 2.24) is 0 Å². The largest absolute Gasteiger partial charge is 0.459 e. The van der Waals surface area contributed by atoms with Crippen LogP contribution in [0.5, 0.6) is 0 Å². The number of hydrogen-bond donors (Lipinski definition) is 1. The maximum absolute atomic E-state index is 6.17. The van der Waals surface area contributed by atoms with Crippen LogP contribution in [0.3, 0.4) is 0 Å². The molecule has 0 aliphatic rings. The fourth-order valence-electron chi connectivity index (χ4n) is 1.80. The number of nitrogens with two attached hydrogens (primary N) is 1. The summed E-state index contributed by atoms with van der Waals surface area (Å²) in [6.07, 6.45) is 0. The van der Waals surface area contributed by atoms with Crippen LogP contribution >= 0.6 is 27.3 Å².